The molecular weight excluding hydrogens is 182 g/mol. The van der Waals surface area contributed by atoms with Gasteiger partial charge in [-0.25, -0.2) is 0 Å². The molecule has 13 heavy (non-hydrogen) atoms. The summed E-state index contributed by atoms with van der Waals surface area (Å²) in [4.78, 5) is 2.45. The Labute approximate surface area is 88.5 Å². The summed E-state index contributed by atoms with van der Waals surface area (Å²) in [5, 5.41) is 0. The summed E-state index contributed by atoms with van der Waals surface area (Å²) in [5.41, 5.74) is 0. The van der Waals surface area contributed by atoms with E-state index in [0.717, 1.165) is 11.9 Å². The molecule has 0 radical (unpaired) electrons. The maximum Gasteiger partial charge on any atom is 0.0223 e. The molecule has 0 bridgehead atoms. The van der Waals surface area contributed by atoms with Crippen molar-refractivity contribution in [1.82, 2.24) is 4.90 Å². The van der Waals surface area contributed by atoms with Crippen LogP contribution in [0.3, 0.4) is 0 Å². The summed E-state index contributed by atoms with van der Waals surface area (Å²) in [6, 6.07) is 0.730. The van der Waals surface area contributed by atoms with Gasteiger partial charge in [-0.15, -0.1) is 11.6 Å². The van der Waals surface area contributed by atoms with Crippen LogP contribution in [0.5, 0.6) is 0 Å². The maximum absolute atomic E-state index is 5.61. The second-order valence-electron chi connectivity index (χ2n) is 3.84. The number of alkyl halides is 1. The number of hydrogen-bond donors (Lipinski definition) is 0. The van der Waals surface area contributed by atoms with Crippen molar-refractivity contribution in [3.05, 3.63) is 0 Å². The Morgan fingerprint density at radius 3 is 2.31 bits per heavy atom. The monoisotopic (exact) mass is 205 g/mol. The summed E-state index contributed by atoms with van der Waals surface area (Å²) in [5.74, 6) is 0.821. The minimum atomic E-state index is 0.730. The second kappa shape index (κ2) is 8.83. The first-order valence-corrected chi connectivity index (χ1v) is 6.02. The second-order valence-corrected chi connectivity index (χ2v) is 4.22. The first-order valence-electron chi connectivity index (χ1n) is 5.48. The molecule has 0 aliphatic rings. The van der Waals surface area contributed by atoms with Gasteiger partial charge in [-0.2, -0.15) is 0 Å². The van der Waals surface area contributed by atoms with Gasteiger partial charge in [0.05, 0.1) is 0 Å². The molecule has 2 heteroatoms. The van der Waals surface area contributed by atoms with Crippen molar-refractivity contribution in [2.75, 3.05) is 19.5 Å². The van der Waals surface area contributed by atoms with Gasteiger partial charge >= 0.3 is 0 Å². The lowest BCUT2D eigenvalue weighted by Crippen LogP contribution is -2.29. The largest absolute Gasteiger partial charge is 0.304 e. The highest BCUT2D eigenvalue weighted by Gasteiger charge is 2.04. The van der Waals surface area contributed by atoms with Crippen molar-refractivity contribution in [3.63, 3.8) is 0 Å². The van der Waals surface area contributed by atoms with Crippen LogP contribution in [0.1, 0.15) is 46.0 Å². The normalized spacial score (nSPS) is 13.6. The molecule has 1 atom stereocenters. The van der Waals surface area contributed by atoms with Gasteiger partial charge in [0.1, 0.15) is 0 Å². The Balaban J connectivity index is 3.21. The summed E-state index contributed by atoms with van der Waals surface area (Å²) in [6.45, 7) is 5.77. The van der Waals surface area contributed by atoms with Crippen LogP contribution in [0, 0.1) is 0 Å². The van der Waals surface area contributed by atoms with Crippen LogP contribution in [-0.2, 0) is 0 Å². The fourth-order valence-corrected chi connectivity index (χ4v) is 1.53. The molecule has 0 aromatic heterocycles. The van der Waals surface area contributed by atoms with Crippen molar-refractivity contribution in [1.29, 1.82) is 0 Å². The average Bonchev–Trinajstić information content (AvgIpc) is 2.16. The molecule has 0 rings (SSSR count). The third-order valence-electron chi connectivity index (χ3n) is 2.74. The van der Waals surface area contributed by atoms with Gasteiger partial charge in [0, 0.05) is 11.9 Å². The van der Waals surface area contributed by atoms with Crippen molar-refractivity contribution in [3.8, 4) is 0 Å². The van der Waals surface area contributed by atoms with Crippen LogP contribution in [0.15, 0.2) is 0 Å². The van der Waals surface area contributed by atoms with Crippen LogP contribution in [-0.4, -0.2) is 30.4 Å². The van der Waals surface area contributed by atoms with E-state index >= 15 is 0 Å². The van der Waals surface area contributed by atoms with Gasteiger partial charge in [-0.1, -0.05) is 19.8 Å². The lowest BCUT2D eigenvalue weighted by molar-refractivity contribution is 0.246. The molecule has 0 fully saturated rings. The minimum absolute atomic E-state index is 0.730. The Morgan fingerprint density at radius 1 is 1.15 bits per heavy atom. The molecular formula is C11H24ClN. The van der Waals surface area contributed by atoms with Gasteiger partial charge in [-0.3, -0.25) is 0 Å². The number of hydrogen-bond acceptors (Lipinski definition) is 1. The highest BCUT2D eigenvalue weighted by atomic mass is 35.5. The van der Waals surface area contributed by atoms with Gasteiger partial charge in [0.15, 0.2) is 0 Å². The predicted octanol–water partition coefficient (Wildman–Crippen LogP) is 3.52. The van der Waals surface area contributed by atoms with Gasteiger partial charge in [0.25, 0.3) is 0 Å². The highest BCUT2D eigenvalue weighted by Crippen LogP contribution is 2.05. The maximum atomic E-state index is 5.61. The molecule has 80 valence electrons. The molecule has 1 unspecified atom stereocenters. The van der Waals surface area contributed by atoms with E-state index in [0.29, 0.717) is 0 Å². The third kappa shape index (κ3) is 7.33. The lowest BCUT2D eigenvalue weighted by atomic mass is 10.1. The van der Waals surface area contributed by atoms with Crippen LogP contribution < -0.4 is 0 Å². The lowest BCUT2D eigenvalue weighted by Gasteiger charge is -2.23. The SMILES string of the molecule is CCC(C)N(C)CCCCCCCl. The average molecular weight is 206 g/mol. The van der Waals surface area contributed by atoms with E-state index in [2.05, 4.69) is 25.8 Å². The molecule has 0 aromatic carbocycles. The summed E-state index contributed by atoms with van der Waals surface area (Å²) >= 11 is 5.61. The molecule has 0 N–H and O–H groups in total. The fourth-order valence-electron chi connectivity index (χ4n) is 1.34. The zero-order valence-electron chi connectivity index (χ0n) is 9.35. The summed E-state index contributed by atoms with van der Waals surface area (Å²) in [7, 11) is 2.22. The number of nitrogens with zero attached hydrogens (tertiary/aromatic N) is 1. The van der Waals surface area contributed by atoms with E-state index in [9.17, 15) is 0 Å². The Kier molecular flexibility index (Phi) is 9.00. The molecule has 0 aromatic rings. The highest BCUT2D eigenvalue weighted by molar-refractivity contribution is 6.17. The van der Waals surface area contributed by atoms with E-state index in [1.165, 1.54) is 38.6 Å². The standard InChI is InChI=1S/C11H24ClN/c1-4-11(2)13(3)10-8-6-5-7-9-12/h11H,4-10H2,1-3H3. The van der Waals surface area contributed by atoms with E-state index in [1.807, 2.05) is 0 Å². The molecule has 0 amide bonds. The molecule has 0 aliphatic carbocycles. The molecule has 0 saturated carbocycles. The van der Waals surface area contributed by atoms with Crippen LogP contribution in [0.2, 0.25) is 0 Å². The first-order chi connectivity index (χ1) is 6.22. The number of rotatable bonds is 8. The number of halogens is 1. The minimum Gasteiger partial charge on any atom is -0.304 e. The third-order valence-corrected chi connectivity index (χ3v) is 3.00. The van der Waals surface area contributed by atoms with Crippen molar-refractivity contribution >= 4 is 11.6 Å². The molecule has 0 spiro atoms. The predicted molar refractivity (Wildman–Crippen MR) is 61.6 cm³/mol. The molecule has 0 saturated heterocycles. The number of unbranched alkanes of at least 4 members (excludes halogenated alkanes) is 3. The van der Waals surface area contributed by atoms with Gasteiger partial charge < -0.3 is 4.90 Å². The Hall–Kier alpha value is 0.250. The van der Waals surface area contributed by atoms with Crippen LogP contribution in [0.25, 0.3) is 0 Å². The van der Waals surface area contributed by atoms with E-state index < -0.39 is 0 Å². The van der Waals surface area contributed by atoms with Crippen LogP contribution in [0.4, 0.5) is 0 Å². The van der Waals surface area contributed by atoms with Gasteiger partial charge in [0.2, 0.25) is 0 Å². The van der Waals surface area contributed by atoms with Crippen molar-refractivity contribution < 1.29 is 0 Å². The van der Waals surface area contributed by atoms with E-state index in [4.69, 9.17) is 11.6 Å². The van der Waals surface area contributed by atoms with Crippen LogP contribution >= 0.6 is 11.6 Å². The van der Waals surface area contributed by atoms with Gasteiger partial charge in [-0.05, 0) is 39.8 Å². The van der Waals surface area contributed by atoms with Crippen molar-refractivity contribution in [2.45, 2.75) is 52.0 Å². The zero-order chi connectivity index (χ0) is 10.1. The Bertz CT molecular complexity index is 106. The van der Waals surface area contributed by atoms with E-state index in [1.54, 1.807) is 0 Å². The topological polar surface area (TPSA) is 3.24 Å². The quantitative estimate of drug-likeness (QED) is 0.433. The van der Waals surface area contributed by atoms with E-state index in [-0.39, 0.29) is 0 Å². The zero-order valence-corrected chi connectivity index (χ0v) is 10.1. The fraction of sp³-hybridized carbons (Fsp3) is 1.00. The molecule has 0 heterocycles. The Morgan fingerprint density at radius 2 is 1.77 bits per heavy atom. The summed E-state index contributed by atoms with van der Waals surface area (Å²) < 4.78 is 0. The molecule has 0 aliphatic heterocycles. The first kappa shape index (κ1) is 13.2. The molecule has 1 nitrogen and oxygen atoms in total. The smallest absolute Gasteiger partial charge is 0.0223 e. The van der Waals surface area contributed by atoms with Crippen molar-refractivity contribution in [2.24, 2.45) is 0 Å². The summed E-state index contributed by atoms with van der Waals surface area (Å²) in [6.07, 6.45) is 6.36.